The number of hydrogen-bond donors (Lipinski definition) is 2. The van der Waals surface area contributed by atoms with Gasteiger partial charge in [-0.15, -0.1) is 0 Å². The summed E-state index contributed by atoms with van der Waals surface area (Å²) in [7, 11) is -1.39. The first-order chi connectivity index (χ1) is 9.57. The van der Waals surface area contributed by atoms with Gasteiger partial charge in [-0.25, -0.2) is 13.1 Å². The van der Waals surface area contributed by atoms with Gasteiger partial charge >= 0.3 is 0 Å². The summed E-state index contributed by atoms with van der Waals surface area (Å²) in [6.45, 7) is 4.36. The second kappa shape index (κ2) is 9.07. The topological polar surface area (TPSA) is 67.4 Å². The Balaban J connectivity index is 2.41. The molecule has 0 bridgehead atoms. The Morgan fingerprint density at radius 3 is 2.40 bits per heavy atom. The van der Waals surface area contributed by atoms with E-state index in [2.05, 4.69) is 10.0 Å². The molecule has 1 aromatic carbocycles. The Morgan fingerprint density at radius 2 is 1.80 bits per heavy atom. The van der Waals surface area contributed by atoms with Crippen molar-refractivity contribution in [2.24, 2.45) is 0 Å². The van der Waals surface area contributed by atoms with Gasteiger partial charge in [-0.05, 0) is 31.5 Å². The monoisotopic (exact) mass is 300 g/mol. The first-order valence-corrected chi connectivity index (χ1v) is 8.50. The van der Waals surface area contributed by atoms with Gasteiger partial charge < -0.3 is 10.1 Å². The van der Waals surface area contributed by atoms with E-state index in [4.69, 9.17) is 4.74 Å². The maximum atomic E-state index is 11.9. The summed E-state index contributed by atoms with van der Waals surface area (Å²) in [6.07, 6.45) is 0.689. The summed E-state index contributed by atoms with van der Waals surface area (Å²) >= 11 is 0. The smallest absolute Gasteiger partial charge is 0.215 e. The lowest BCUT2D eigenvalue weighted by molar-refractivity contribution is 0.146. The van der Waals surface area contributed by atoms with Gasteiger partial charge in [0.25, 0.3) is 0 Å². The van der Waals surface area contributed by atoms with Gasteiger partial charge in [-0.1, -0.05) is 24.3 Å². The van der Waals surface area contributed by atoms with Crippen LogP contribution in [0, 0.1) is 0 Å². The lowest BCUT2D eigenvalue weighted by Gasteiger charge is -2.07. The van der Waals surface area contributed by atoms with Crippen molar-refractivity contribution in [1.29, 1.82) is 0 Å². The number of benzene rings is 1. The van der Waals surface area contributed by atoms with Crippen LogP contribution in [-0.4, -0.2) is 35.2 Å². The van der Waals surface area contributed by atoms with Crippen molar-refractivity contribution in [3.63, 3.8) is 0 Å². The van der Waals surface area contributed by atoms with Crippen molar-refractivity contribution >= 4 is 10.0 Å². The predicted octanol–water partition coefficient (Wildman–Crippen LogP) is 1.25. The molecule has 2 N–H and O–H groups in total. The van der Waals surface area contributed by atoms with Crippen molar-refractivity contribution in [2.45, 2.75) is 25.6 Å². The van der Waals surface area contributed by atoms with E-state index in [9.17, 15) is 8.42 Å². The van der Waals surface area contributed by atoms with E-state index in [-0.39, 0.29) is 5.75 Å². The van der Waals surface area contributed by atoms with Gasteiger partial charge in [0, 0.05) is 26.3 Å². The van der Waals surface area contributed by atoms with Crippen LogP contribution in [0.15, 0.2) is 24.3 Å². The number of hydrogen-bond acceptors (Lipinski definition) is 4. The van der Waals surface area contributed by atoms with Gasteiger partial charge in [0.1, 0.15) is 0 Å². The van der Waals surface area contributed by atoms with Crippen LogP contribution in [-0.2, 0) is 27.1 Å². The van der Waals surface area contributed by atoms with E-state index in [1.54, 1.807) is 0 Å². The maximum Gasteiger partial charge on any atom is 0.215 e. The third kappa shape index (κ3) is 7.00. The lowest BCUT2D eigenvalue weighted by atomic mass is 10.1. The average molecular weight is 300 g/mol. The van der Waals surface area contributed by atoms with E-state index >= 15 is 0 Å². The molecule has 0 amide bonds. The molecule has 0 unspecified atom stereocenters. The zero-order chi connectivity index (χ0) is 14.8. The highest BCUT2D eigenvalue weighted by Gasteiger charge is 2.10. The molecule has 0 aliphatic rings. The van der Waals surface area contributed by atoms with E-state index < -0.39 is 10.0 Å². The van der Waals surface area contributed by atoms with Crippen molar-refractivity contribution in [3.05, 3.63) is 35.4 Å². The molecule has 0 saturated heterocycles. The second-order valence-corrected chi connectivity index (χ2v) is 6.36. The number of sulfonamides is 1. The third-order valence-electron chi connectivity index (χ3n) is 2.75. The van der Waals surface area contributed by atoms with Gasteiger partial charge in [0.05, 0.1) is 5.75 Å². The first-order valence-electron chi connectivity index (χ1n) is 6.85. The van der Waals surface area contributed by atoms with Crippen LogP contribution in [0.3, 0.4) is 0 Å². The summed E-state index contributed by atoms with van der Waals surface area (Å²) in [5.74, 6) is 0.0153. The van der Waals surface area contributed by atoms with Gasteiger partial charge in [0.2, 0.25) is 10.0 Å². The molecule has 20 heavy (non-hydrogen) atoms. The summed E-state index contributed by atoms with van der Waals surface area (Å²) in [5, 5.41) is 3.05. The molecule has 0 spiro atoms. The molecule has 0 saturated carbocycles. The standard InChI is InChI=1S/C14H24N2O3S/c1-3-19-10-4-9-16-20(17,18)12-14-7-5-13(6-8-14)11-15-2/h5-8,15-16H,3-4,9-12H2,1-2H3. The zero-order valence-electron chi connectivity index (χ0n) is 12.2. The molecule has 0 heterocycles. The van der Waals surface area contributed by atoms with Crippen LogP contribution in [0.25, 0.3) is 0 Å². The zero-order valence-corrected chi connectivity index (χ0v) is 13.0. The Morgan fingerprint density at radius 1 is 1.15 bits per heavy atom. The summed E-state index contributed by atoms with van der Waals surface area (Å²) in [4.78, 5) is 0. The molecule has 0 aliphatic heterocycles. The molecule has 5 nitrogen and oxygen atoms in total. The molecular weight excluding hydrogens is 276 g/mol. The molecule has 0 atom stereocenters. The first kappa shape index (κ1) is 17.1. The Bertz CT molecular complexity index is 472. The molecule has 0 aliphatic carbocycles. The quantitative estimate of drug-likeness (QED) is 0.638. The Labute approximate surface area is 121 Å². The highest BCUT2D eigenvalue weighted by atomic mass is 32.2. The molecular formula is C14H24N2O3S. The van der Waals surface area contributed by atoms with Gasteiger partial charge in [0.15, 0.2) is 0 Å². The van der Waals surface area contributed by atoms with E-state index in [1.165, 1.54) is 0 Å². The molecule has 1 rings (SSSR count). The van der Waals surface area contributed by atoms with Crippen LogP contribution in [0.1, 0.15) is 24.5 Å². The third-order valence-corrected chi connectivity index (χ3v) is 4.11. The second-order valence-electron chi connectivity index (χ2n) is 4.55. The van der Waals surface area contributed by atoms with Crippen molar-refractivity contribution in [3.8, 4) is 0 Å². The van der Waals surface area contributed by atoms with Crippen molar-refractivity contribution in [1.82, 2.24) is 10.0 Å². The van der Waals surface area contributed by atoms with Gasteiger partial charge in [-0.3, -0.25) is 0 Å². The normalized spacial score (nSPS) is 11.7. The molecule has 114 valence electrons. The summed E-state index contributed by atoms with van der Waals surface area (Å²) in [5.41, 5.74) is 1.93. The highest BCUT2D eigenvalue weighted by Crippen LogP contribution is 2.07. The summed E-state index contributed by atoms with van der Waals surface area (Å²) < 4.78 is 31.5. The fraction of sp³-hybridized carbons (Fsp3) is 0.571. The highest BCUT2D eigenvalue weighted by molar-refractivity contribution is 7.88. The SMILES string of the molecule is CCOCCCNS(=O)(=O)Cc1ccc(CNC)cc1. The van der Waals surface area contributed by atoms with Crippen LogP contribution in [0.5, 0.6) is 0 Å². The maximum absolute atomic E-state index is 11.9. The number of rotatable bonds is 10. The van der Waals surface area contributed by atoms with E-state index in [0.717, 1.165) is 17.7 Å². The largest absolute Gasteiger partial charge is 0.382 e. The number of ether oxygens (including phenoxy) is 1. The summed E-state index contributed by atoms with van der Waals surface area (Å²) in [6, 6.07) is 7.59. The molecule has 0 radical (unpaired) electrons. The van der Waals surface area contributed by atoms with Crippen LogP contribution >= 0.6 is 0 Å². The van der Waals surface area contributed by atoms with Crippen molar-refractivity contribution in [2.75, 3.05) is 26.8 Å². The minimum absolute atomic E-state index is 0.0153. The lowest BCUT2D eigenvalue weighted by Crippen LogP contribution is -2.26. The van der Waals surface area contributed by atoms with E-state index in [1.807, 2.05) is 38.2 Å². The Kier molecular flexibility index (Phi) is 7.76. The van der Waals surface area contributed by atoms with Crippen LogP contribution in [0.2, 0.25) is 0 Å². The molecule has 6 heteroatoms. The predicted molar refractivity (Wildman–Crippen MR) is 80.9 cm³/mol. The minimum atomic E-state index is -3.27. The van der Waals surface area contributed by atoms with Crippen molar-refractivity contribution < 1.29 is 13.2 Å². The van der Waals surface area contributed by atoms with Gasteiger partial charge in [-0.2, -0.15) is 0 Å². The fourth-order valence-corrected chi connectivity index (χ4v) is 2.96. The Hall–Kier alpha value is -0.950. The van der Waals surface area contributed by atoms with Crippen LogP contribution in [0.4, 0.5) is 0 Å². The fourth-order valence-electron chi connectivity index (χ4n) is 1.77. The molecule has 0 aromatic heterocycles. The molecule has 1 aromatic rings. The minimum Gasteiger partial charge on any atom is -0.382 e. The molecule has 0 fully saturated rings. The number of nitrogens with one attached hydrogen (secondary N) is 2. The van der Waals surface area contributed by atoms with Crippen LogP contribution < -0.4 is 10.0 Å². The van der Waals surface area contributed by atoms with E-state index in [0.29, 0.717) is 26.2 Å². The average Bonchev–Trinajstić information content (AvgIpc) is 2.41.